The van der Waals surface area contributed by atoms with Crippen molar-refractivity contribution in [1.82, 2.24) is 4.57 Å². The van der Waals surface area contributed by atoms with Gasteiger partial charge < -0.3 is 10.3 Å². The fourth-order valence-electron chi connectivity index (χ4n) is 2.67. The topological polar surface area (TPSA) is 48.0 Å². The van der Waals surface area contributed by atoms with Gasteiger partial charge in [-0.1, -0.05) is 12.1 Å². The molecule has 2 N–H and O–H groups in total. The third-order valence-corrected chi connectivity index (χ3v) is 4.09. The molecule has 0 atom stereocenters. The van der Waals surface area contributed by atoms with Crippen LogP contribution in [0.3, 0.4) is 0 Å². The number of nitrogens with zero attached hydrogens (tertiary/aromatic N) is 1. The summed E-state index contributed by atoms with van der Waals surface area (Å²) in [6.07, 6.45) is 0. The lowest BCUT2D eigenvalue weighted by molar-refractivity contribution is 0.578. The maximum Gasteiger partial charge on any atom is 0.256 e. The number of pyridine rings is 1. The van der Waals surface area contributed by atoms with Gasteiger partial charge in [0, 0.05) is 18.2 Å². The van der Waals surface area contributed by atoms with Crippen molar-refractivity contribution >= 4 is 0 Å². The van der Waals surface area contributed by atoms with Gasteiger partial charge >= 0.3 is 0 Å². The predicted molar refractivity (Wildman–Crippen MR) is 88.6 cm³/mol. The van der Waals surface area contributed by atoms with Crippen LogP contribution in [0, 0.1) is 20.8 Å². The van der Waals surface area contributed by atoms with Gasteiger partial charge in [-0.05, 0) is 69.0 Å². The van der Waals surface area contributed by atoms with E-state index >= 15 is 0 Å². The number of benzene rings is 1. The Bertz CT molecular complexity index is 727. The highest BCUT2D eigenvalue weighted by atomic mass is 16.1. The number of rotatable bonds is 3. The van der Waals surface area contributed by atoms with E-state index < -0.39 is 0 Å². The molecule has 0 saturated carbocycles. The molecule has 21 heavy (non-hydrogen) atoms. The van der Waals surface area contributed by atoms with Crippen molar-refractivity contribution in [2.24, 2.45) is 5.73 Å². The first-order chi connectivity index (χ1) is 9.86. The van der Waals surface area contributed by atoms with Gasteiger partial charge in [-0.3, -0.25) is 4.79 Å². The third kappa shape index (κ3) is 2.79. The summed E-state index contributed by atoms with van der Waals surface area (Å²) in [7, 11) is 0. The molecule has 1 aromatic heterocycles. The lowest BCUT2D eigenvalue weighted by atomic mass is 10.0. The Morgan fingerprint density at radius 3 is 2.24 bits per heavy atom. The largest absolute Gasteiger partial charge is 0.326 e. The highest BCUT2D eigenvalue weighted by Crippen LogP contribution is 2.25. The molecule has 1 aromatic carbocycles. The standard InChI is InChI=1S/C18H24N2O/c1-11(2)20-17(9-14(5)16(10-19)18(20)21)15-7-6-12(3)13(4)8-15/h6-9,11H,10,19H2,1-5H3. The number of hydrogen-bond donors (Lipinski definition) is 1. The summed E-state index contributed by atoms with van der Waals surface area (Å²) in [4.78, 5) is 12.7. The highest BCUT2D eigenvalue weighted by molar-refractivity contribution is 5.63. The maximum absolute atomic E-state index is 12.7. The minimum atomic E-state index is 0.0285. The van der Waals surface area contributed by atoms with E-state index in [0.29, 0.717) is 5.56 Å². The van der Waals surface area contributed by atoms with Crippen molar-refractivity contribution < 1.29 is 0 Å². The predicted octanol–water partition coefficient (Wildman–Crippen LogP) is 3.48. The molecular weight excluding hydrogens is 260 g/mol. The van der Waals surface area contributed by atoms with Crippen LogP contribution in [0.2, 0.25) is 0 Å². The van der Waals surface area contributed by atoms with Gasteiger partial charge in [-0.25, -0.2) is 0 Å². The first-order valence-corrected chi connectivity index (χ1v) is 7.39. The second-order valence-corrected chi connectivity index (χ2v) is 5.96. The number of hydrogen-bond acceptors (Lipinski definition) is 2. The first-order valence-electron chi connectivity index (χ1n) is 7.39. The van der Waals surface area contributed by atoms with E-state index in [1.54, 1.807) is 0 Å². The van der Waals surface area contributed by atoms with Crippen LogP contribution in [-0.4, -0.2) is 4.57 Å². The SMILES string of the molecule is Cc1ccc(-c2cc(C)c(CN)c(=O)n2C(C)C)cc1C. The second kappa shape index (κ2) is 5.86. The molecule has 0 amide bonds. The molecule has 0 fully saturated rings. The maximum atomic E-state index is 12.7. The van der Waals surface area contributed by atoms with Crippen LogP contribution < -0.4 is 11.3 Å². The van der Waals surface area contributed by atoms with Crippen molar-refractivity contribution in [3.8, 4) is 11.3 Å². The van der Waals surface area contributed by atoms with Gasteiger partial charge in [0.2, 0.25) is 0 Å². The lowest BCUT2D eigenvalue weighted by Crippen LogP contribution is -2.29. The molecule has 0 spiro atoms. The second-order valence-electron chi connectivity index (χ2n) is 5.96. The summed E-state index contributed by atoms with van der Waals surface area (Å²) in [5.74, 6) is 0. The van der Waals surface area contributed by atoms with E-state index in [2.05, 4.69) is 38.1 Å². The zero-order valence-electron chi connectivity index (χ0n) is 13.5. The molecule has 0 aliphatic rings. The minimum Gasteiger partial charge on any atom is -0.326 e. The Labute approximate surface area is 126 Å². The molecule has 0 radical (unpaired) electrons. The monoisotopic (exact) mass is 284 g/mol. The number of nitrogens with two attached hydrogens (primary N) is 1. The fourth-order valence-corrected chi connectivity index (χ4v) is 2.67. The molecule has 3 heteroatoms. The van der Waals surface area contributed by atoms with Crippen molar-refractivity contribution in [2.45, 2.75) is 47.2 Å². The van der Waals surface area contributed by atoms with Gasteiger partial charge in [0.05, 0.1) is 5.69 Å². The van der Waals surface area contributed by atoms with Crippen LogP contribution in [0.5, 0.6) is 0 Å². The Kier molecular flexibility index (Phi) is 4.33. The van der Waals surface area contributed by atoms with Crippen LogP contribution in [0.15, 0.2) is 29.1 Å². The zero-order valence-corrected chi connectivity index (χ0v) is 13.5. The van der Waals surface area contributed by atoms with E-state index in [4.69, 9.17) is 5.73 Å². The van der Waals surface area contributed by atoms with Crippen molar-refractivity contribution in [1.29, 1.82) is 0 Å². The Balaban J connectivity index is 2.79. The zero-order chi connectivity index (χ0) is 15.7. The van der Waals surface area contributed by atoms with E-state index in [1.165, 1.54) is 11.1 Å². The molecule has 0 aliphatic heterocycles. The van der Waals surface area contributed by atoms with Crippen molar-refractivity contribution in [3.63, 3.8) is 0 Å². The first kappa shape index (κ1) is 15.5. The average molecular weight is 284 g/mol. The van der Waals surface area contributed by atoms with Crippen molar-refractivity contribution in [2.75, 3.05) is 0 Å². The highest BCUT2D eigenvalue weighted by Gasteiger charge is 2.15. The van der Waals surface area contributed by atoms with Crippen LogP contribution in [0.1, 0.15) is 42.1 Å². The molecule has 112 valence electrons. The Hall–Kier alpha value is -1.87. The molecule has 0 aliphatic carbocycles. The van der Waals surface area contributed by atoms with E-state index in [1.807, 2.05) is 25.3 Å². The summed E-state index contributed by atoms with van der Waals surface area (Å²) in [5.41, 5.74) is 12.0. The average Bonchev–Trinajstić information content (AvgIpc) is 2.41. The minimum absolute atomic E-state index is 0.0285. The smallest absolute Gasteiger partial charge is 0.256 e. The van der Waals surface area contributed by atoms with Gasteiger partial charge in [0.15, 0.2) is 0 Å². The summed E-state index contributed by atoms with van der Waals surface area (Å²) < 4.78 is 1.85. The van der Waals surface area contributed by atoms with Gasteiger partial charge in [0.25, 0.3) is 5.56 Å². The summed E-state index contributed by atoms with van der Waals surface area (Å²) in [5, 5.41) is 0. The molecule has 0 bridgehead atoms. The van der Waals surface area contributed by atoms with Crippen molar-refractivity contribution in [3.05, 3.63) is 56.9 Å². The summed E-state index contributed by atoms with van der Waals surface area (Å²) in [6.45, 7) is 10.5. The molecule has 2 rings (SSSR count). The molecule has 1 heterocycles. The molecule has 3 nitrogen and oxygen atoms in total. The summed E-state index contributed by atoms with van der Waals surface area (Å²) >= 11 is 0. The Morgan fingerprint density at radius 1 is 1.05 bits per heavy atom. The fraction of sp³-hybridized carbons (Fsp3) is 0.389. The molecule has 2 aromatic rings. The third-order valence-electron chi connectivity index (χ3n) is 4.09. The molecule has 0 unspecified atom stereocenters. The quantitative estimate of drug-likeness (QED) is 0.938. The van der Waals surface area contributed by atoms with Gasteiger partial charge in [-0.15, -0.1) is 0 Å². The van der Waals surface area contributed by atoms with E-state index in [-0.39, 0.29) is 18.1 Å². The lowest BCUT2D eigenvalue weighted by Gasteiger charge is -2.20. The van der Waals surface area contributed by atoms with Crippen LogP contribution in [-0.2, 0) is 6.54 Å². The Morgan fingerprint density at radius 2 is 1.71 bits per heavy atom. The van der Waals surface area contributed by atoms with Crippen LogP contribution >= 0.6 is 0 Å². The summed E-state index contributed by atoms with van der Waals surface area (Å²) in [6, 6.07) is 8.50. The van der Waals surface area contributed by atoms with Gasteiger partial charge in [-0.2, -0.15) is 0 Å². The number of aromatic nitrogens is 1. The molecular formula is C18H24N2O. The van der Waals surface area contributed by atoms with E-state index in [9.17, 15) is 4.79 Å². The van der Waals surface area contributed by atoms with Gasteiger partial charge in [0.1, 0.15) is 0 Å². The van der Waals surface area contributed by atoms with Crippen LogP contribution in [0.25, 0.3) is 11.3 Å². The number of aryl methyl sites for hydroxylation is 3. The molecule has 0 saturated heterocycles. The van der Waals surface area contributed by atoms with Crippen LogP contribution in [0.4, 0.5) is 0 Å². The van der Waals surface area contributed by atoms with E-state index in [0.717, 1.165) is 16.8 Å². The normalized spacial score (nSPS) is 11.2.